The zero-order valence-electron chi connectivity index (χ0n) is 11.3. The Morgan fingerprint density at radius 2 is 1.00 bits per heavy atom. The lowest BCUT2D eigenvalue weighted by Crippen LogP contribution is -1.69. The largest absolute Gasteiger partial charge is 0.416 e. The van der Waals surface area contributed by atoms with Crippen LogP contribution in [0.1, 0.15) is 0 Å². The van der Waals surface area contributed by atoms with Gasteiger partial charge in [-0.15, -0.1) is 0 Å². The van der Waals surface area contributed by atoms with Crippen LogP contribution in [0.3, 0.4) is 0 Å². The first kappa shape index (κ1) is 12.3. The van der Waals surface area contributed by atoms with Gasteiger partial charge >= 0.3 is 0 Å². The molecule has 1 heterocycles. The highest BCUT2D eigenvalue weighted by molar-refractivity contribution is 7.45. The third-order valence-corrected chi connectivity index (χ3v) is 4.84. The third kappa shape index (κ3) is 2.24. The molecule has 0 radical (unpaired) electrons. The van der Waals surface area contributed by atoms with Crippen molar-refractivity contribution in [2.45, 2.75) is 0 Å². The van der Waals surface area contributed by atoms with Gasteiger partial charge in [-0.2, -0.15) is 0 Å². The van der Waals surface area contributed by atoms with Crippen LogP contribution in [-0.2, 0) is 0 Å². The van der Waals surface area contributed by atoms with Crippen molar-refractivity contribution in [1.82, 2.24) is 0 Å². The second kappa shape index (κ2) is 5.16. The van der Waals surface area contributed by atoms with Crippen LogP contribution in [-0.4, -0.2) is 0 Å². The smallest absolute Gasteiger partial charge is 0.252 e. The van der Waals surface area contributed by atoms with Crippen LogP contribution in [0.4, 0.5) is 0 Å². The quantitative estimate of drug-likeness (QED) is 0.412. The minimum atomic E-state index is -1.17. The normalized spacial score (nSPS) is 10.9. The molecule has 3 aromatic carbocycles. The zero-order valence-corrected chi connectivity index (χ0v) is 12.2. The average Bonchev–Trinajstić information content (AvgIpc) is 2.72. The third-order valence-electron chi connectivity index (χ3n) is 3.39. The summed E-state index contributed by atoms with van der Waals surface area (Å²) in [5.41, 5.74) is 1.75. The van der Waals surface area contributed by atoms with Crippen molar-refractivity contribution in [3.8, 4) is 5.30 Å². The second-order valence-electron chi connectivity index (χ2n) is 4.77. The summed E-state index contributed by atoms with van der Waals surface area (Å²) < 4.78 is 12.3. The molecule has 4 aromatic rings. The Kier molecular flexibility index (Phi) is 3.02. The maximum absolute atomic E-state index is 6.17. The van der Waals surface area contributed by atoms with E-state index >= 15 is 0 Å². The fraction of sp³-hybridized carbons (Fsp3) is 0. The van der Waals surface area contributed by atoms with Gasteiger partial charge in [0.25, 0.3) is 8.01 Å². The standard InChI is InChI=1S/C18H13O2P/c1-2-8-14(9-3-1)21-19-17-12-6-4-10-15(17)16-11-5-7-13-18(16)20-21/h1-13H. The molecule has 0 saturated carbocycles. The zero-order chi connectivity index (χ0) is 14.1. The van der Waals surface area contributed by atoms with Crippen LogP contribution in [0.5, 0.6) is 0 Å². The molecule has 0 spiro atoms. The summed E-state index contributed by atoms with van der Waals surface area (Å²) in [6.45, 7) is 0. The highest BCUT2D eigenvalue weighted by Crippen LogP contribution is 2.42. The molecule has 0 aliphatic rings. The van der Waals surface area contributed by atoms with Crippen molar-refractivity contribution in [2.24, 2.45) is 0 Å². The molecule has 0 unspecified atom stereocenters. The lowest BCUT2D eigenvalue weighted by molar-refractivity contribution is 0.651. The van der Waals surface area contributed by atoms with Crippen molar-refractivity contribution in [1.29, 1.82) is 0 Å². The average molecular weight is 292 g/mol. The Morgan fingerprint density at radius 1 is 0.524 bits per heavy atom. The molecule has 2 nitrogen and oxygen atoms in total. The van der Waals surface area contributed by atoms with Gasteiger partial charge in [-0.3, -0.25) is 0 Å². The van der Waals surface area contributed by atoms with Crippen LogP contribution in [0.15, 0.2) is 87.3 Å². The minimum Gasteiger partial charge on any atom is -0.416 e. The molecule has 4 rings (SSSR count). The van der Waals surface area contributed by atoms with Crippen molar-refractivity contribution in [3.05, 3.63) is 78.9 Å². The van der Waals surface area contributed by atoms with Gasteiger partial charge in [0.1, 0.15) is 11.2 Å². The monoisotopic (exact) mass is 292 g/mol. The van der Waals surface area contributed by atoms with Gasteiger partial charge in [-0.1, -0.05) is 54.6 Å². The molecule has 21 heavy (non-hydrogen) atoms. The van der Waals surface area contributed by atoms with Crippen LogP contribution in [0, 0.1) is 0 Å². The summed E-state index contributed by atoms with van der Waals surface area (Å²) in [6, 6.07) is 26.3. The molecule has 0 saturated heterocycles. The maximum Gasteiger partial charge on any atom is 0.252 e. The van der Waals surface area contributed by atoms with Gasteiger partial charge in [0.05, 0.1) is 5.30 Å². The van der Waals surface area contributed by atoms with E-state index in [0.717, 1.165) is 27.2 Å². The van der Waals surface area contributed by atoms with Crippen molar-refractivity contribution >= 4 is 30.0 Å². The highest BCUT2D eigenvalue weighted by Gasteiger charge is 2.06. The SMILES string of the molecule is c1ccc(-p2oc3ccccc3c3ccccc3o2)cc1. The minimum absolute atomic E-state index is 0.873. The van der Waals surface area contributed by atoms with Gasteiger partial charge in [-0.25, -0.2) is 0 Å². The molecule has 0 aliphatic carbocycles. The summed E-state index contributed by atoms with van der Waals surface area (Å²) in [5, 5.41) is 3.22. The van der Waals surface area contributed by atoms with Crippen molar-refractivity contribution in [2.75, 3.05) is 0 Å². The first-order valence-corrected chi connectivity index (χ1v) is 7.99. The summed E-state index contributed by atoms with van der Waals surface area (Å²) in [7, 11) is -1.17. The van der Waals surface area contributed by atoms with Gasteiger partial charge < -0.3 is 8.39 Å². The van der Waals surface area contributed by atoms with E-state index in [1.807, 2.05) is 66.7 Å². The van der Waals surface area contributed by atoms with E-state index in [0.29, 0.717) is 0 Å². The van der Waals surface area contributed by atoms with Gasteiger partial charge in [-0.05, 0) is 24.3 Å². The van der Waals surface area contributed by atoms with Crippen LogP contribution in [0.2, 0.25) is 0 Å². The highest BCUT2D eigenvalue weighted by atomic mass is 31.1. The lowest BCUT2D eigenvalue weighted by atomic mass is 10.1. The Balaban J connectivity index is 2.18. The predicted molar refractivity (Wildman–Crippen MR) is 87.7 cm³/mol. The van der Waals surface area contributed by atoms with E-state index in [4.69, 9.17) is 8.39 Å². The molecular weight excluding hydrogens is 279 g/mol. The first-order chi connectivity index (χ1) is 10.4. The Morgan fingerprint density at radius 3 is 1.57 bits per heavy atom. The molecule has 102 valence electrons. The number of benzene rings is 3. The molecule has 0 atom stereocenters. The Bertz CT molecular complexity index is 884. The van der Waals surface area contributed by atoms with Crippen molar-refractivity contribution in [3.63, 3.8) is 0 Å². The summed E-state index contributed by atoms with van der Waals surface area (Å²) in [4.78, 5) is 0. The van der Waals surface area contributed by atoms with E-state index < -0.39 is 8.01 Å². The van der Waals surface area contributed by atoms with E-state index in [-0.39, 0.29) is 0 Å². The topological polar surface area (TPSA) is 26.3 Å². The summed E-state index contributed by atoms with van der Waals surface area (Å²) >= 11 is 0. The number of fused-ring (bicyclic) bond motifs is 3. The number of rotatable bonds is 1. The van der Waals surface area contributed by atoms with Gasteiger partial charge in [0.2, 0.25) is 0 Å². The van der Waals surface area contributed by atoms with E-state index in [2.05, 4.69) is 12.1 Å². The van der Waals surface area contributed by atoms with Gasteiger partial charge in [0, 0.05) is 10.8 Å². The molecular formula is C18H13O2P. The van der Waals surface area contributed by atoms with Gasteiger partial charge in [0.15, 0.2) is 0 Å². The molecule has 0 aliphatic heterocycles. The fourth-order valence-corrected chi connectivity index (χ4v) is 3.73. The second-order valence-corrected chi connectivity index (χ2v) is 6.16. The number of hydrogen-bond donors (Lipinski definition) is 0. The summed E-state index contributed by atoms with van der Waals surface area (Å²) in [5.74, 6) is 0. The Labute approximate surface area is 123 Å². The molecule has 0 fully saturated rings. The van der Waals surface area contributed by atoms with Crippen LogP contribution >= 0.6 is 8.01 Å². The maximum atomic E-state index is 6.17. The molecule has 3 heteroatoms. The number of hydrogen-bond acceptors (Lipinski definition) is 2. The molecule has 0 bridgehead atoms. The molecule has 0 amide bonds. The van der Waals surface area contributed by atoms with Crippen LogP contribution in [0.25, 0.3) is 27.2 Å². The Hall–Kier alpha value is -2.44. The fourth-order valence-electron chi connectivity index (χ4n) is 2.39. The van der Waals surface area contributed by atoms with Crippen molar-refractivity contribution < 1.29 is 8.39 Å². The summed E-state index contributed by atoms with van der Waals surface area (Å²) in [6.07, 6.45) is 0. The number of para-hydroxylation sites is 2. The lowest BCUT2D eigenvalue weighted by Gasteiger charge is -1.96. The van der Waals surface area contributed by atoms with E-state index in [1.54, 1.807) is 0 Å². The molecule has 1 aromatic heterocycles. The first-order valence-electron chi connectivity index (χ1n) is 6.81. The predicted octanol–water partition coefficient (Wildman–Crippen LogP) is 6.28. The van der Waals surface area contributed by atoms with Crippen LogP contribution < -0.4 is 0 Å². The van der Waals surface area contributed by atoms with E-state index in [1.165, 1.54) is 0 Å². The van der Waals surface area contributed by atoms with E-state index in [9.17, 15) is 0 Å². The molecule has 0 N–H and O–H groups in total.